The topological polar surface area (TPSA) is 57.0 Å². The molecule has 0 saturated carbocycles. The van der Waals surface area contributed by atoms with Crippen molar-refractivity contribution in [2.75, 3.05) is 0 Å². The number of rotatable bonds is 0. The molecule has 2 nitrogen and oxygen atoms in total. The van der Waals surface area contributed by atoms with Crippen LogP contribution in [0.2, 0.25) is 0 Å². The molecule has 0 N–H and O–H groups in total. The minimum Gasteiger partial charge on any atom is -2.00 e. The summed E-state index contributed by atoms with van der Waals surface area (Å²) in [5.74, 6) is 0. The maximum atomic E-state index is 0. The third kappa shape index (κ3) is 26.8. The summed E-state index contributed by atoms with van der Waals surface area (Å²) in [6, 6.07) is 0. The maximum absolute atomic E-state index is 0. The quantitative estimate of drug-likeness (QED) is 0.355. The van der Waals surface area contributed by atoms with E-state index in [0.29, 0.717) is 0 Å². The molecule has 0 aromatic carbocycles. The molecule has 0 aliphatic carbocycles. The fraction of sp³-hybridized carbons (Fsp3) is 0. The summed E-state index contributed by atoms with van der Waals surface area (Å²) < 4.78 is 0. The van der Waals surface area contributed by atoms with Crippen molar-refractivity contribution in [3.8, 4) is 0 Å². The average molecular weight is 499 g/mol. The van der Waals surface area contributed by atoms with Crippen LogP contribution in [0.3, 0.4) is 0 Å². The zero-order valence-electron chi connectivity index (χ0n) is 2.97. The zero-order chi connectivity index (χ0) is 0. The van der Waals surface area contributed by atoms with Gasteiger partial charge in [-0.15, -0.1) is 0 Å². The SMILES string of the molecule is [In+3].[In+3].[O-2].[O-2].[Sn+4].[Sn+4]. The summed E-state index contributed by atoms with van der Waals surface area (Å²) in [5, 5.41) is 0. The molecule has 16 valence electrons. The van der Waals surface area contributed by atoms with Crippen molar-refractivity contribution in [2.45, 2.75) is 0 Å². The Morgan fingerprint density at radius 2 is 0.500 bits per heavy atom. The van der Waals surface area contributed by atoms with E-state index in [9.17, 15) is 0 Å². The van der Waals surface area contributed by atoms with Gasteiger partial charge in [0, 0.05) is 0 Å². The van der Waals surface area contributed by atoms with Crippen LogP contribution in [0.5, 0.6) is 0 Å². The molecular formula is In2O2Sn2+10. The van der Waals surface area contributed by atoms with E-state index in [0.717, 1.165) is 0 Å². The molecular weight excluding hydrogens is 499 g/mol. The van der Waals surface area contributed by atoms with Gasteiger partial charge in [0.25, 0.3) is 0 Å². The van der Waals surface area contributed by atoms with Gasteiger partial charge in [0.2, 0.25) is 0 Å². The monoisotopic (exact) mass is 502 g/mol. The smallest absolute Gasteiger partial charge is 2.00 e. The Kier molecular flexibility index (Phi) is 406. The van der Waals surface area contributed by atoms with Gasteiger partial charge in [-0.25, -0.2) is 0 Å². The van der Waals surface area contributed by atoms with Gasteiger partial charge in [-0.2, -0.15) is 0 Å². The van der Waals surface area contributed by atoms with Crippen LogP contribution < -0.4 is 0 Å². The van der Waals surface area contributed by atoms with Gasteiger partial charge in [-0.05, 0) is 0 Å². The molecule has 0 unspecified atom stereocenters. The van der Waals surface area contributed by atoms with E-state index in [1.165, 1.54) is 0 Å². The molecule has 0 heterocycles. The van der Waals surface area contributed by atoms with Crippen LogP contribution in [-0.2, 0) is 11.0 Å². The number of hydrogen-bond acceptors (Lipinski definition) is 0. The van der Waals surface area contributed by atoms with E-state index in [1.54, 1.807) is 0 Å². The van der Waals surface area contributed by atoms with Crippen molar-refractivity contribution < 1.29 is 11.0 Å². The molecule has 0 amide bonds. The second-order valence-electron chi connectivity index (χ2n) is 0. The Morgan fingerprint density at radius 3 is 0.500 bits per heavy atom. The molecule has 0 aromatic heterocycles. The summed E-state index contributed by atoms with van der Waals surface area (Å²) in [6.07, 6.45) is 0. The van der Waals surface area contributed by atoms with Gasteiger partial charge < -0.3 is 11.0 Å². The fourth-order valence-corrected chi connectivity index (χ4v) is 0. The molecule has 0 spiro atoms. The third-order valence-corrected chi connectivity index (χ3v) is 0. The van der Waals surface area contributed by atoms with Gasteiger partial charge >= 0.3 is 99.5 Å². The first-order valence-corrected chi connectivity index (χ1v) is 0. The first kappa shape index (κ1) is 59.5. The molecule has 6 heavy (non-hydrogen) atoms. The van der Waals surface area contributed by atoms with Gasteiger partial charge in [0.05, 0.1) is 0 Å². The molecule has 0 radical (unpaired) electrons. The normalized spacial score (nSPS) is 0. The second-order valence-corrected chi connectivity index (χ2v) is 0. The Morgan fingerprint density at radius 1 is 0.500 bits per heavy atom. The molecule has 0 fully saturated rings. The van der Waals surface area contributed by atoms with Crippen LogP contribution in [0.25, 0.3) is 0 Å². The minimum atomic E-state index is 0. The van der Waals surface area contributed by atoms with E-state index < -0.39 is 0 Å². The van der Waals surface area contributed by atoms with Crippen LogP contribution in [-0.4, -0.2) is 99.5 Å². The first-order chi connectivity index (χ1) is 0. The van der Waals surface area contributed by atoms with Crippen LogP contribution in [0.4, 0.5) is 0 Å². The molecule has 0 bridgehead atoms. The summed E-state index contributed by atoms with van der Waals surface area (Å²) in [4.78, 5) is 0. The molecule has 0 rings (SSSR count). The van der Waals surface area contributed by atoms with E-state index in [-0.39, 0.29) is 110 Å². The maximum Gasteiger partial charge on any atom is 4.00 e. The zero-order valence-corrected chi connectivity index (χ0v) is 15.3. The van der Waals surface area contributed by atoms with Gasteiger partial charge in [0.1, 0.15) is 0 Å². The summed E-state index contributed by atoms with van der Waals surface area (Å²) >= 11 is 0. The van der Waals surface area contributed by atoms with E-state index in [1.807, 2.05) is 0 Å². The summed E-state index contributed by atoms with van der Waals surface area (Å²) in [7, 11) is 0. The minimum absolute atomic E-state index is 0. The van der Waals surface area contributed by atoms with Crippen LogP contribution >= 0.6 is 0 Å². The van der Waals surface area contributed by atoms with Crippen molar-refractivity contribution in [1.29, 1.82) is 0 Å². The molecule has 0 atom stereocenters. The van der Waals surface area contributed by atoms with Crippen LogP contribution in [0, 0.1) is 0 Å². The van der Waals surface area contributed by atoms with Crippen molar-refractivity contribution in [2.24, 2.45) is 0 Å². The van der Waals surface area contributed by atoms with Crippen molar-refractivity contribution in [1.82, 2.24) is 0 Å². The predicted octanol–water partition coefficient (Wildman–Crippen LogP) is -1.76. The third-order valence-electron chi connectivity index (χ3n) is 0. The van der Waals surface area contributed by atoms with E-state index in [4.69, 9.17) is 0 Å². The molecule has 0 aliphatic rings. The van der Waals surface area contributed by atoms with E-state index in [2.05, 4.69) is 0 Å². The van der Waals surface area contributed by atoms with E-state index >= 15 is 0 Å². The van der Waals surface area contributed by atoms with Crippen LogP contribution in [0.1, 0.15) is 0 Å². The standard InChI is InChI=1S/2In.2O.2Sn/q2*+3;2*-2;2*+4. The largest absolute Gasteiger partial charge is 4.00 e. The van der Waals surface area contributed by atoms with Crippen LogP contribution in [0.15, 0.2) is 0 Å². The summed E-state index contributed by atoms with van der Waals surface area (Å²) in [6.45, 7) is 0. The number of hydrogen-bond donors (Lipinski definition) is 0. The fourth-order valence-electron chi connectivity index (χ4n) is 0. The molecule has 6 heteroatoms. The Labute approximate surface area is 108 Å². The summed E-state index contributed by atoms with van der Waals surface area (Å²) in [5.41, 5.74) is 0. The van der Waals surface area contributed by atoms with Crippen molar-refractivity contribution >= 4 is 99.5 Å². The Hall–Kier alpha value is 3.26. The first-order valence-electron chi connectivity index (χ1n) is 0. The predicted molar refractivity (Wildman–Crippen MR) is 24.4 cm³/mol. The Balaban J connectivity index is 0. The van der Waals surface area contributed by atoms with Gasteiger partial charge in [-0.3, -0.25) is 0 Å². The van der Waals surface area contributed by atoms with Gasteiger partial charge in [0.15, 0.2) is 0 Å². The molecule has 0 saturated heterocycles. The Bertz CT molecular complexity index is 9.51. The molecule has 0 aromatic rings. The second kappa shape index (κ2) is 41.0. The van der Waals surface area contributed by atoms with Gasteiger partial charge in [-0.1, -0.05) is 0 Å². The average Bonchev–Trinajstić information content (AvgIpc) is 0. The molecule has 0 aliphatic heterocycles. The van der Waals surface area contributed by atoms with Crippen molar-refractivity contribution in [3.63, 3.8) is 0 Å². The van der Waals surface area contributed by atoms with Crippen molar-refractivity contribution in [3.05, 3.63) is 0 Å².